The van der Waals surface area contributed by atoms with Gasteiger partial charge < -0.3 is 9.84 Å². The molecular formula is C10H9FO4. The van der Waals surface area contributed by atoms with E-state index in [9.17, 15) is 14.0 Å². The minimum atomic E-state index is -1.09. The molecule has 0 aliphatic rings. The second kappa shape index (κ2) is 4.54. The summed E-state index contributed by atoms with van der Waals surface area (Å²) in [6, 6.07) is 3.32. The molecule has 0 bridgehead atoms. The van der Waals surface area contributed by atoms with E-state index in [-0.39, 0.29) is 17.5 Å². The summed E-state index contributed by atoms with van der Waals surface area (Å²) < 4.78 is 17.2. The topological polar surface area (TPSA) is 63.6 Å². The van der Waals surface area contributed by atoms with E-state index in [0.29, 0.717) is 0 Å². The first-order chi connectivity index (χ1) is 7.04. The molecule has 5 heteroatoms. The quantitative estimate of drug-likeness (QED) is 0.765. The van der Waals surface area contributed by atoms with Gasteiger partial charge >= 0.3 is 11.9 Å². The first-order valence-electron chi connectivity index (χ1n) is 4.13. The highest BCUT2D eigenvalue weighted by Crippen LogP contribution is 2.13. The molecule has 4 nitrogen and oxygen atoms in total. The first-order valence-corrected chi connectivity index (χ1v) is 4.13. The normalized spacial score (nSPS) is 9.73. The number of carbonyl (C=O) groups is 2. The van der Waals surface area contributed by atoms with E-state index < -0.39 is 17.8 Å². The van der Waals surface area contributed by atoms with Crippen LogP contribution in [-0.2, 0) is 16.0 Å². The lowest BCUT2D eigenvalue weighted by Gasteiger charge is -2.05. The van der Waals surface area contributed by atoms with Gasteiger partial charge in [0.2, 0.25) is 0 Å². The second-order valence-corrected chi connectivity index (χ2v) is 2.86. The number of carboxylic acids is 1. The summed E-state index contributed by atoms with van der Waals surface area (Å²) in [5.41, 5.74) is 0.177. The van der Waals surface area contributed by atoms with Crippen LogP contribution in [-0.4, -0.2) is 24.2 Å². The molecule has 1 aromatic carbocycles. The van der Waals surface area contributed by atoms with Crippen LogP contribution in [0.3, 0.4) is 0 Å². The van der Waals surface area contributed by atoms with Crippen LogP contribution < -0.4 is 0 Å². The van der Waals surface area contributed by atoms with Crippen LogP contribution in [0.2, 0.25) is 0 Å². The van der Waals surface area contributed by atoms with Gasteiger partial charge in [0.15, 0.2) is 0 Å². The van der Waals surface area contributed by atoms with Gasteiger partial charge in [0, 0.05) is 0 Å². The molecule has 80 valence electrons. The monoisotopic (exact) mass is 212 g/mol. The smallest absolute Gasteiger partial charge is 0.338 e. The minimum Gasteiger partial charge on any atom is -0.481 e. The number of esters is 1. The van der Waals surface area contributed by atoms with Crippen molar-refractivity contribution < 1.29 is 23.8 Å². The summed E-state index contributed by atoms with van der Waals surface area (Å²) >= 11 is 0. The van der Waals surface area contributed by atoms with Crippen molar-refractivity contribution >= 4 is 11.9 Å². The summed E-state index contributed by atoms with van der Waals surface area (Å²) in [6.07, 6.45) is -0.343. The molecule has 0 aliphatic carbocycles. The molecule has 0 unspecified atom stereocenters. The molecule has 0 radical (unpaired) electrons. The van der Waals surface area contributed by atoms with Crippen molar-refractivity contribution in [2.45, 2.75) is 6.42 Å². The summed E-state index contributed by atoms with van der Waals surface area (Å²) in [5.74, 6) is -2.44. The third-order valence-electron chi connectivity index (χ3n) is 1.82. The second-order valence-electron chi connectivity index (χ2n) is 2.86. The molecule has 0 spiro atoms. The molecule has 0 fully saturated rings. The number of ether oxygens (including phenoxy) is 1. The van der Waals surface area contributed by atoms with Gasteiger partial charge in [-0.15, -0.1) is 0 Å². The van der Waals surface area contributed by atoms with Crippen LogP contribution in [0.25, 0.3) is 0 Å². The van der Waals surface area contributed by atoms with Gasteiger partial charge in [-0.1, -0.05) is 6.07 Å². The zero-order chi connectivity index (χ0) is 11.4. The Morgan fingerprint density at radius 1 is 1.47 bits per heavy atom. The Bertz CT molecular complexity index is 400. The van der Waals surface area contributed by atoms with Crippen molar-refractivity contribution in [2.75, 3.05) is 7.11 Å². The fourth-order valence-electron chi connectivity index (χ4n) is 1.17. The third kappa shape index (κ3) is 2.77. The predicted molar refractivity (Wildman–Crippen MR) is 49.1 cm³/mol. The van der Waals surface area contributed by atoms with Gasteiger partial charge in [0.1, 0.15) is 5.82 Å². The van der Waals surface area contributed by atoms with Crippen molar-refractivity contribution in [2.24, 2.45) is 0 Å². The van der Waals surface area contributed by atoms with E-state index in [1.807, 2.05) is 0 Å². The summed E-state index contributed by atoms with van der Waals surface area (Å²) in [4.78, 5) is 21.7. The molecule has 0 aliphatic heterocycles. The average molecular weight is 212 g/mol. The lowest BCUT2D eigenvalue weighted by atomic mass is 10.0. The van der Waals surface area contributed by atoms with Gasteiger partial charge in [0.05, 0.1) is 19.1 Å². The van der Waals surface area contributed by atoms with Crippen molar-refractivity contribution in [3.05, 3.63) is 35.1 Å². The van der Waals surface area contributed by atoms with Gasteiger partial charge in [-0.05, 0) is 17.7 Å². The Balaban J connectivity index is 3.14. The highest BCUT2D eigenvalue weighted by Gasteiger charge is 2.14. The molecule has 0 aromatic heterocycles. The number of halogens is 1. The molecule has 1 aromatic rings. The number of carboxylic acid groups (broad SMARTS) is 1. The third-order valence-corrected chi connectivity index (χ3v) is 1.82. The van der Waals surface area contributed by atoms with Crippen LogP contribution in [0, 0.1) is 5.82 Å². The Hall–Kier alpha value is -1.91. The number of carbonyl (C=O) groups excluding carboxylic acids is 1. The fourth-order valence-corrected chi connectivity index (χ4v) is 1.17. The number of methoxy groups -OCH3 is 1. The van der Waals surface area contributed by atoms with Crippen LogP contribution in [0.5, 0.6) is 0 Å². The van der Waals surface area contributed by atoms with Crippen molar-refractivity contribution in [3.8, 4) is 0 Å². The van der Waals surface area contributed by atoms with E-state index in [4.69, 9.17) is 5.11 Å². The SMILES string of the molecule is COC(=O)c1cc(F)ccc1CC(=O)O. The maximum absolute atomic E-state index is 12.8. The standard InChI is InChI=1S/C10H9FO4/c1-15-10(14)8-5-7(11)3-2-6(8)4-9(12)13/h2-3,5H,4H2,1H3,(H,12,13). The summed E-state index contributed by atoms with van der Waals surface area (Å²) in [5, 5.41) is 8.57. The molecule has 1 N–H and O–H groups in total. The fraction of sp³-hybridized carbons (Fsp3) is 0.200. The van der Waals surface area contributed by atoms with Crippen molar-refractivity contribution in [1.82, 2.24) is 0 Å². The summed E-state index contributed by atoms with van der Waals surface area (Å²) in [7, 11) is 1.15. The Morgan fingerprint density at radius 3 is 2.67 bits per heavy atom. The molecule has 0 atom stereocenters. The lowest BCUT2D eigenvalue weighted by molar-refractivity contribution is -0.136. The van der Waals surface area contributed by atoms with Crippen LogP contribution >= 0.6 is 0 Å². The maximum atomic E-state index is 12.8. The lowest BCUT2D eigenvalue weighted by Crippen LogP contribution is -2.10. The Morgan fingerprint density at radius 2 is 2.13 bits per heavy atom. The van der Waals surface area contributed by atoms with Crippen LogP contribution in [0.4, 0.5) is 4.39 Å². The van der Waals surface area contributed by atoms with Gasteiger partial charge in [-0.3, -0.25) is 4.79 Å². The highest BCUT2D eigenvalue weighted by atomic mass is 19.1. The summed E-state index contributed by atoms with van der Waals surface area (Å²) in [6.45, 7) is 0. The van der Waals surface area contributed by atoms with Gasteiger partial charge in [0.25, 0.3) is 0 Å². The molecule has 1 rings (SSSR count). The minimum absolute atomic E-state index is 0.0556. The highest BCUT2D eigenvalue weighted by molar-refractivity contribution is 5.92. The predicted octanol–water partition coefficient (Wildman–Crippen LogP) is 1.24. The van der Waals surface area contributed by atoms with Gasteiger partial charge in [-0.2, -0.15) is 0 Å². The zero-order valence-corrected chi connectivity index (χ0v) is 7.99. The molecule has 0 amide bonds. The number of rotatable bonds is 3. The first kappa shape index (κ1) is 11.2. The van der Waals surface area contributed by atoms with E-state index in [2.05, 4.69) is 4.74 Å². The van der Waals surface area contributed by atoms with E-state index >= 15 is 0 Å². The number of hydrogen-bond donors (Lipinski definition) is 1. The number of benzene rings is 1. The van der Waals surface area contributed by atoms with Crippen LogP contribution in [0.15, 0.2) is 18.2 Å². The largest absolute Gasteiger partial charge is 0.481 e. The average Bonchev–Trinajstić information content (AvgIpc) is 2.19. The van der Waals surface area contributed by atoms with Crippen molar-refractivity contribution in [3.63, 3.8) is 0 Å². The number of aliphatic carboxylic acids is 1. The maximum Gasteiger partial charge on any atom is 0.338 e. The zero-order valence-electron chi connectivity index (χ0n) is 7.99. The van der Waals surface area contributed by atoms with E-state index in [1.54, 1.807) is 0 Å². The van der Waals surface area contributed by atoms with Crippen molar-refractivity contribution in [1.29, 1.82) is 0 Å². The number of hydrogen-bond acceptors (Lipinski definition) is 3. The molecule has 15 heavy (non-hydrogen) atoms. The van der Waals surface area contributed by atoms with Crippen LogP contribution in [0.1, 0.15) is 15.9 Å². The van der Waals surface area contributed by atoms with E-state index in [1.165, 1.54) is 6.07 Å². The molecule has 0 saturated heterocycles. The van der Waals surface area contributed by atoms with E-state index in [0.717, 1.165) is 19.2 Å². The Labute approximate surface area is 85.3 Å². The van der Waals surface area contributed by atoms with Gasteiger partial charge in [-0.25, -0.2) is 9.18 Å². The molecule has 0 heterocycles. The molecular weight excluding hydrogens is 203 g/mol. The molecule has 0 saturated carbocycles. The Kier molecular flexibility index (Phi) is 3.38.